The summed E-state index contributed by atoms with van der Waals surface area (Å²) in [6.07, 6.45) is 6.09. The van der Waals surface area contributed by atoms with E-state index < -0.39 is 0 Å². The van der Waals surface area contributed by atoms with Crippen molar-refractivity contribution < 1.29 is 9.59 Å². The number of amides is 2. The van der Waals surface area contributed by atoms with Crippen molar-refractivity contribution in [3.8, 4) is 0 Å². The van der Waals surface area contributed by atoms with Crippen LogP contribution in [0.5, 0.6) is 0 Å². The van der Waals surface area contributed by atoms with Gasteiger partial charge in [-0.05, 0) is 98.1 Å². The van der Waals surface area contributed by atoms with Gasteiger partial charge in [-0.15, -0.1) is 11.8 Å². The highest BCUT2D eigenvalue weighted by atomic mass is 79.9. The summed E-state index contributed by atoms with van der Waals surface area (Å²) in [4.78, 5) is 41.6. The van der Waals surface area contributed by atoms with Gasteiger partial charge in [-0.3, -0.25) is 9.59 Å². The van der Waals surface area contributed by atoms with Crippen molar-refractivity contribution in [2.75, 3.05) is 24.5 Å². The minimum atomic E-state index is -0.117. The molecule has 10 heteroatoms. The molecule has 2 N–H and O–H groups in total. The number of nitrogens with one attached hydrogen (secondary N) is 2. The van der Waals surface area contributed by atoms with Crippen molar-refractivity contribution in [3.63, 3.8) is 0 Å². The van der Waals surface area contributed by atoms with Crippen molar-refractivity contribution in [1.82, 2.24) is 10.6 Å². The van der Waals surface area contributed by atoms with Crippen LogP contribution in [-0.4, -0.2) is 42.9 Å². The number of fused-ring (bicyclic) bond motifs is 4. The first-order valence-corrected chi connectivity index (χ1v) is 25.3. The number of carbonyl (C=O) groups is 2. The molecule has 2 aliphatic rings. The zero-order chi connectivity index (χ0) is 47.2. The molecule has 0 saturated carbocycles. The summed E-state index contributed by atoms with van der Waals surface area (Å²) in [5.41, 5.74) is 12.6. The molecule has 340 valence electrons. The largest absolute Gasteiger partial charge is 0.370 e. The summed E-state index contributed by atoms with van der Waals surface area (Å²) in [5.74, 6) is 0.659. The van der Waals surface area contributed by atoms with E-state index in [1.165, 1.54) is 5.56 Å². The number of likely N-dealkylation sites (N-methyl/N-ethyl adjacent to an activating group) is 1. The van der Waals surface area contributed by atoms with E-state index in [4.69, 9.17) is 9.98 Å². The number of nitrogens with zero attached hydrogens (tertiary/aromatic N) is 3. The molecule has 68 heavy (non-hydrogen) atoms. The van der Waals surface area contributed by atoms with Crippen LogP contribution >= 0.6 is 39.5 Å². The van der Waals surface area contributed by atoms with Gasteiger partial charge < -0.3 is 15.5 Å². The molecule has 0 atom stereocenters. The highest BCUT2D eigenvalue weighted by Gasteiger charge is 2.21. The fourth-order valence-electron chi connectivity index (χ4n) is 7.83. The number of allylic oxidation sites excluding steroid dienone is 4. The van der Waals surface area contributed by atoms with Crippen LogP contribution in [0.2, 0.25) is 0 Å². The number of rotatable bonds is 12. The Bertz CT molecular complexity index is 3040. The summed E-state index contributed by atoms with van der Waals surface area (Å²) >= 11 is 6.97. The highest BCUT2D eigenvalue weighted by molar-refractivity contribution is 9.10. The SMILES string of the molecule is C/C=C\C=C(/C)C1=Nc2cc(C(=O)NCc3ccccc3Br)ccc2Sc2ccccc21.CCN(CCNC(=O)c1ccc2c(c1)N=C(c1ccccc1)c1ccccc1CS2)c1ccccc1. The average Bonchev–Trinajstić information content (AvgIpc) is 3.54. The van der Waals surface area contributed by atoms with Gasteiger partial charge in [0.1, 0.15) is 0 Å². The first kappa shape index (κ1) is 47.8. The Hall–Kier alpha value is -6.72. The molecule has 0 saturated heterocycles. The first-order chi connectivity index (χ1) is 33.3. The molecule has 0 radical (unpaired) electrons. The normalized spacial score (nSPS) is 12.8. The molecule has 2 aliphatic heterocycles. The predicted molar refractivity (Wildman–Crippen MR) is 288 cm³/mol. The van der Waals surface area contributed by atoms with E-state index in [0.29, 0.717) is 24.2 Å². The number of hydrogen-bond donors (Lipinski definition) is 2. The third kappa shape index (κ3) is 11.9. The Morgan fingerprint density at radius 1 is 0.691 bits per heavy atom. The molecule has 7 aromatic rings. The molecule has 0 aromatic heterocycles. The van der Waals surface area contributed by atoms with Crippen LogP contribution in [0.1, 0.15) is 69.3 Å². The van der Waals surface area contributed by atoms with Crippen LogP contribution in [0, 0.1) is 0 Å². The second-order valence-corrected chi connectivity index (χ2v) is 19.0. The Kier molecular flexibility index (Phi) is 16.4. The molecule has 0 spiro atoms. The van der Waals surface area contributed by atoms with E-state index in [-0.39, 0.29) is 11.8 Å². The van der Waals surface area contributed by atoms with E-state index in [1.54, 1.807) is 23.5 Å². The van der Waals surface area contributed by atoms with Crippen LogP contribution in [-0.2, 0) is 12.3 Å². The van der Waals surface area contributed by atoms with Crippen LogP contribution in [0.25, 0.3) is 0 Å². The number of aliphatic imine (C=N–C) groups is 2. The first-order valence-electron chi connectivity index (χ1n) is 22.7. The topological polar surface area (TPSA) is 86.2 Å². The second-order valence-electron chi connectivity index (χ2n) is 16.0. The lowest BCUT2D eigenvalue weighted by molar-refractivity contribution is 0.0944. The number of para-hydroxylation sites is 1. The van der Waals surface area contributed by atoms with Gasteiger partial charge in [-0.25, -0.2) is 9.98 Å². The van der Waals surface area contributed by atoms with E-state index in [2.05, 4.69) is 112 Å². The van der Waals surface area contributed by atoms with Gasteiger partial charge in [0.15, 0.2) is 0 Å². The molecule has 0 aliphatic carbocycles. The number of carbonyl (C=O) groups excluding carboxylic acids is 2. The van der Waals surface area contributed by atoms with Gasteiger partial charge in [-0.2, -0.15) is 0 Å². The third-order valence-corrected chi connectivity index (χ3v) is 14.5. The lowest BCUT2D eigenvalue weighted by Gasteiger charge is -2.23. The molecule has 2 amide bonds. The quantitative estimate of drug-likeness (QED) is 0.119. The third-order valence-electron chi connectivity index (χ3n) is 11.5. The second kappa shape index (κ2) is 23.3. The van der Waals surface area contributed by atoms with Gasteiger partial charge in [-0.1, -0.05) is 155 Å². The molecule has 0 unspecified atom stereocenters. The Morgan fingerprint density at radius 3 is 2.06 bits per heavy atom. The van der Waals surface area contributed by atoms with Crippen LogP contribution in [0.3, 0.4) is 0 Å². The standard InChI is InChI=1S/C31H29N3OS.C27H23BrN2OS/c1-2-34(26-14-7-4-8-15-26)20-19-32-31(35)24-17-18-29-28(21-24)33-30(23-11-5-3-6-12-23)27-16-10-9-13-25(27)22-36-29;1-3-4-9-18(2)26-21-11-6-8-13-24(21)32-25-15-14-19(16-23(25)30-26)27(31)29-17-20-10-5-7-12-22(20)28/h3-18,21H,2,19-20,22H2,1H3,(H,32,35);3-16H,17H2,1-2H3,(H,29,31)/b;4-3-,18-9+. The predicted octanol–water partition coefficient (Wildman–Crippen LogP) is 14.2. The maximum atomic E-state index is 13.1. The van der Waals surface area contributed by atoms with Crippen molar-refractivity contribution in [3.05, 3.63) is 237 Å². The monoisotopic (exact) mass is 993 g/mol. The minimum Gasteiger partial charge on any atom is -0.370 e. The van der Waals surface area contributed by atoms with Gasteiger partial charge in [0, 0.05) is 84.6 Å². The van der Waals surface area contributed by atoms with Crippen LogP contribution in [0.4, 0.5) is 17.1 Å². The van der Waals surface area contributed by atoms with Crippen molar-refractivity contribution in [1.29, 1.82) is 0 Å². The van der Waals surface area contributed by atoms with Crippen molar-refractivity contribution >= 4 is 79.8 Å². The minimum absolute atomic E-state index is 0.0779. The molecule has 7 nitrogen and oxygen atoms in total. The van der Waals surface area contributed by atoms with E-state index in [9.17, 15) is 9.59 Å². The smallest absolute Gasteiger partial charge is 0.251 e. The Morgan fingerprint density at radius 2 is 1.32 bits per heavy atom. The van der Waals surface area contributed by atoms with E-state index >= 15 is 0 Å². The van der Waals surface area contributed by atoms with Gasteiger partial charge in [0.05, 0.1) is 22.8 Å². The number of hydrogen-bond acceptors (Lipinski definition) is 7. The molecule has 0 fully saturated rings. The van der Waals surface area contributed by atoms with E-state index in [1.807, 2.05) is 128 Å². The fourth-order valence-corrected chi connectivity index (χ4v) is 10.2. The molecular weight excluding hydrogens is 943 g/mol. The summed E-state index contributed by atoms with van der Waals surface area (Å²) in [6.45, 7) is 8.85. The number of benzene rings is 7. The molecule has 9 rings (SSSR count). The van der Waals surface area contributed by atoms with Crippen LogP contribution < -0.4 is 15.5 Å². The molecule has 0 bridgehead atoms. The number of thioether (sulfide) groups is 1. The lowest BCUT2D eigenvalue weighted by atomic mass is 9.98. The zero-order valence-electron chi connectivity index (χ0n) is 38.3. The summed E-state index contributed by atoms with van der Waals surface area (Å²) in [5, 5.41) is 6.10. The number of anilines is 1. The zero-order valence-corrected chi connectivity index (χ0v) is 41.5. The fraction of sp³-hybridized carbons (Fsp3) is 0.138. The van der Waals surface area contributed by atoms with Gasteiger partial charge >= 0.3 is 0 Å². The Labute approximate surface area is 416 Å². The molecule has 7 aromatic carbocycles. The summed E-state index contributed by atoms with van der Waals surface area (Å²) < 4.78 is 0.981. The van der Waals surface area contributed by atoms with Crippen molar-refractivity contribution in [2.45, 2.75) is 47.8 Å². The van der Waals surface area contributed by atoms with Gasteiger partial charge in [0.25, 0.3) is 11.8 Å². The maximum Gasteiger partial charge on any atom is 0.251 e. The lowest BCUT2D eigenvalue weighted by Crippen LogP contribution is -2.34. The summed E-state index contributed by atoms with van der Waals surface area (Å²) in [7, 11) is 0. The molecular formula is C58H52BrN5O2S2. The maximum absolute atomic E-state index is 13.1. The average molecular weight is 995 g/mol. The Balaban J connectivity index is 0.000000185. The molecule has 2 heterocycles. The van der Waals surface area contributed by atoms with Crippen molar-refractivity contribution in [2.24, 2.45) is 9.98 Å². The number of halogens is 1. The summed E-state index contributed by atoms with van der Waals surface area (Å²) in [6, 6.07) is 56.8. The van der Waals surface area contributed by atoms with E-state index in [0.717, 1.165) is 94.3 Å². The van der Waals surface area contributed by atoms with Gasteiger partial charge in [0.2, 0.25) is 0 Å². The van der Waals surface area contributed by atoms with Crippen LogP contribution in [0.15, 0.2) is 223 Å². The highest BCUT2D eigenvalue weighted by Crippen LogP contribution is 2.42.